The third-order valence-electron chi connectivity index (χ3n) is 4.83. The topological polar surface area (TPSA) is 52.7 Å². The van der Waals surface area contributed by atoms with Crippen LogP contribution in [0.5, 0.6) is 0 Å². The molecule has 0 saturated carbocycles. The van der Waals surface area contributed by atoms with Gasteiger partial charge in [0.05, 0.1) is 0 Å². The molecule has 2 aromatic rings. The minimum absolute atomic E-state index is 0.125. The van der Waals surface area contributed by atoms with Gasteiger partial charge in [0, 0.05) is 55.1 Å². The SMILES string of the molecule is CC(=O)N1CCN(c2ccc(NC(=O)/C(C)=C/c3ccc(Cl)cc3)cc2)CC1. The lowest BCUT2D eigenvalue weighted by atomic mass is 10.1. The molecule has 28 heavy (non-hydrogen) atoms. The minimum Gasteiger partial charge on any atom is -0.368 e. The summed E-state index contributed by atoms with van der Waals surface area (Å²) in [6.45, 7) is 6.50. The van der Waals surface area contributed by atoms with Crippen molar-refractivity contribution in [2.45, 2.75) is 13.8 Å². The monoisotopic (exact) mass is 397 g/mol. The van der Waals surface area contributed by atoms with Crippen LogP contribution in [0.25, 0.3) is 6.08 Å². The summed E-state index contributed by atoms with van der Waals surface area (Å²) in [4.78, 5) is 28.0. The van der Waals surface area contributed by atoms with Crippen LogP contribution in [0.15, 0.2) is 54.1 Å². The third-order valence-corrected chi connectivity index (χ3v) is 5.08. The van der Waals surface area contributed by atoms with E-state index in [1.54, 1.807) is 26.0 Å². The minimum atomic E-state index is -0.141. The number of anilines is 2. The predicted octanol–water partition coefficient (Wildman–Crippen LogP) is 4.05. The van der Waals surface area contributed by atoms with E-state index >= 15 is 0 Å². The van der Waals surface area contributed by atoms with Gasteiger partial charge in [0.2, 0.25) is 5.91 Å². The van der Waals surface area contributed by atoms with E-state index in [1.807, 2.05) is 47.4 Å². The maximum absolute atomic E-state index is 12.4. The van der Waals surface area contributed by atoms with E-state index in [1.165, 1.54) is 0 Å². The predicted molar refractivity (Wildman–Crippen MR) is 115 cm³/mol. The van der Waals surface area contributed by atoms with Crippen molar-refractivity contribution < 1.29 is 9.59 Å². The maximum Gasteiger partial charge on any atom is 0.251 e. The van der Waals surface area contributed by atoms with E-state index in [0.29, 0.717) is 10.6 Å². The van der Waals surface area contributed by atoms with Gasteiger partial charge in [0.15, 0.2) is 0 Å². The molecule has 1 N–H and O–H groups in total. The van der Waals surface area contributed by atoms with Gasteiger partial charge in [0.25, 0.3) is 5.91 Å². The van der Waals surface area contributed by atoms with Gasteiger partial charge in [0.1, 0.15) is 0 Å². The number of piperazine rings is 1. The fourth-order valence-electron chi connectivity index (χ4n) is 3.14. The Morgan fingerprint density at radius 2 is 1.54 bits per heavy atom. The summed E-state index contributed by atoms with van der Waals surface area (Å²) in [7, 11) is 0. The summed E-state index contributed by atoms with van der Waals surface area (Å²) in [6, 6.07) is 15.1. The number of halogens is 1. The zero-order valence-corrected chi connectivity index (χ0v) is 16.9. The van der Waals surface area contributed by atoms with Crippen LogP contribution in [-0.2, 0) is 9.59 Å². The zero-order valence-electron chi connectivity index (χ0n) is 16.1. The van der Waals surface area contributed by atoms with Crippen LogP contribution in [0.2, 0.25) is 5.02 Å². The molecule has 146 valence electrons. The lowest BCUT2D eigenvalue weighted by Crippen LogP contribution is -2.48. The first kappa shape index (κ1) is 20.0. The van der Waals surface area contributed by atoms with Crippen molar-refractivity contribution in [3.05, 3.63) is 64.7 Å². The van der Waals surface area contributed by atoms with E-state index in [2.05, 4.69) is 10.2 Å². The molecule has 6 heteroatoms. The number of rotatable bonds is 4. The average Bonchev–Trinajstić information content (AvgIpc) is 2.70. The number of carbonyl (C=O) groups excluding carboxylic acids is 2. The highest BCUT2D eigenvalue weighted by Crippen LogP contribution is 2.20. The van der Waals surface area contributed by atoms with Gasteiger partial charge in [-0.15, -0.1) is 0 Å². The van der Waals surface area contributed by atoms with Crippen LogP contribution in [0.4, 0.5) is 11.4 Å². The summed E-state index contributed by atoms with van der Waals surface area (Å²) in [5, 5.41) is 3.59. The van der Waals surface area contributed by atoms with Gasteiger partial charge >= 0.3 is 0 Å². The Labute approximate surface area is 170 Å². The molecule has 1 fully saturated rings. The number of hydrogen-bond donors (Lipinski definition) is 1. The normalized spacial score (nSPS) is 14.8. The number of carbonyl (C=O) groups is 2. The average molecular weight is 398 g/mol. The molecule has 5 nitrogen and oxygen atoms in total. The van der Waals surface area contributed by atoms with Crippen molar-refractivity contribution in [1.82, 2.24) is 4.90 Å². The maximum atomic E-state index is 12.4. The molecule has 0 radical (unpaired) electrons. The molecular formula is C22H24ClN3O2. The molecule has 2 aromatic carbocycles. The van der Waals surface area contributed by atoms with Crippen molar-refractivity contribution in [2.75, 3.05) is 36.4 Å². The number of hydrogen-bond acceptors (Lipinski definition) is 3. The van der Waals surface area contributed by atoms with E-state index in [9.17, 15) is 9.59 Å². The molecule has 0 aliphatic carbocycles. The highest BCUT2D eigenvalue weighted by atomic mass is 35.5. The lowest BCUT2D eigenvalue weighted by molar-refractivity contribution is -0.129. The van der Waals surface area contributed by atoms with Gasteiger partial charge in [-0.3, -0.25) is 9.59 Å². The van der Waals surface area contributed by atoms with Gasteiger partial charge in [-0.1, -0.05) is 23.7 Å². The Balaban J connectivity index is 1.58. The molecule has 0 atom stereocenters. The molecule has 1 aliphatic heterocycles. The molecule has 0 bridgehead atoms. The summed E-state index contributed by atoms with van der Waals surface area (Å²) >= 11 is 5.89. The largest absolute Gasteiger partial charge is 0.368 e. The Hall–Kier alpha value is -2.79. The van der Waals surface area contributed by atoms with Crippen LogP contribution in [0.1, 0.15) is 19.4 Å². The second kappa shape index (κ2) is 8.93. The molecule has 0 spiro atoms. The molecule has 1 saturated heterocycles. The van der Waals surface area contributed by atoms with Crippen molar-refractivity contribution >= 4 is 40.9 Å². The summed E-state index contributed by atoms with van der Waals surface area (Å²) in [6.07, 6.45) is 1.83. The number of nitrogens with one attached hydrogen (secondary N) is 1. The summed E-state index contributed by atoms with van der Waals surface area (Å²) in [5.74, 6) is -0.0162. The molecule has 1 aliphatic rings. The van der Waals surface area contributed by atoms with E-state index in [0.717, 1.165) is 43.1 Å². The fraction of sp³-hybridized carbons (Fsp3) is 0.273. The highest BCUT2D eigenvalue weighted by molar-refractivity contribution is 6.30. The molecule has 2 amide bonds. The van der Waals surface area contributed by atoms with Crippen LogP contribution in [0, 0.1) is 0 Å². The first-order chi connectivity index (χ1) is 13.4. The van der Waals surface area contributed by atoms with Gasteiger partial charge in [-0.05, 0) is 55.0 Å². The van der Waals surface area contributed by atoms with Crippen molar-refractivity contribution in [2.24, 2.45) is 0 Å². The Bertz CT molecular complexity index is 868. The quantitative estimate of drug-likeness (QED) is 0.792. The summed E-state index contributed by atoms with van der Waals surface area (Å²) < 4.78 is 0. The van der Waals surface area contributed by atoms with Gasteiger partial charge in [-0.25, -0.2) is 0 Å². The summed E-state index contributed by atoms with van der Waals surface area (Å²) in [5.41, 5.74) is 3.39. The van der Waals surface area contributed by atoms with Crippen LogP contribution >= 0.6 is 11.6 Å². The van der Waals surface area contributed by atoms with Crippen molar-refractivity contribution in [3.8, 4) is 0 Å². The van der Waals surface area contributed by atoms with Gasteiger partial charge < -0.3 is 15.1 Å². The fourth-order valence-corrected chi connectivity index (χ4v) is 3.27. The molecule has 0 unspecified atom stereocenters. The van der Waals surface area contributed by atoms with Gasteiger partial charge in [-0.2, -0.15) is 0 Å². The number of nitrogens with zero attached hydrogens (tertiary/aromatic N) is 2. The van der Waals surface area contributed by atoms with E-state index in [-0.39, 0.29) is 11.8 Å². The van der Waals surface area contributed by atoms with Crippen LogP contribution in [0.3, 0.4) is 0 Å². The van der Waals surface area contributed by atoms with E-state index < -0.39 is 0 Å². The Kier molecular flexibility index (Phi) is 6.37. The van der Waals surface area contributed by atoms with Crippen molar-refractivity contribution in [3.63, 3.8) is 0 Å². The highest BCUT2D eigenvalue weighted by Gasteiger charge is 2.18. The second-order valence-corrected chi connectivity index (χ2v) is 7.31. The van der Waals surface area contributed by atoms with E-state index in [4.69, 9.17) is 11.6 Å². The third kappa shape index (κ3) is 5.14. The zero-order chi connectivity index (χ0) is 20.1. The van der Waals surface area contributed by atoms with Crippen LogP contribution in [-0.4, -0.2) is 42.9 Å². The first-order valence-electron chi connectivity index (χ1n) is 9.28. The molecular weight excluding hydrogens is 374 g/mol. The second-order valence-electron chi connectivity index (χ2n) is 6.87. The Morgan fingerprint density at radius 1 is 0.929 bits per heavy atom. The lowest BCUT2D eigenvalue weighted by Gasteiger charge is -2.35. The standard InChI is InChI=1S/C22H24ClN3O2/c1-16(15-18-3-5-19(23)6-4-18)22(28)24-20-7-9-21(10-8-20)26-13-11-25(12-14-26)17(2)27/h3-10,15H,11-14H2,1-2H3,(H,24,28)/b16-15+. The molecule has 0 aromatic heterocycles. The van der Waals surface area contributed by atoms with Crippen LogP contribution < -0.4 is 10.2 Å². The molecule has 3 rings (SSSR count). The molecule has 1 heterocycles. The smallest absolute Gasteiger partial charge is 0.251 e. The first-order valence-corrected chi connectivity index (χ1v) is 9.66. The number of benzene rings is 2. The Morgan fingerprint density at radius 3 is 2.11 bits per heavy atom. The van der Waals surface area contributed by atoms with Crippen molar-refractivity contribution in [1.29, 1.82) is 0 Å². The number of amides is 2.